The van der Waals surface area contributed by atoms with E-state index < -0.39 is 0 Å². The number of rotatable bonds is 2. The van der Waals surface area contributed by atoms with Gasteiger partial charge in [-0.1, -0.05) is 6.07 Å². The minimum absolute atomic E-state index is 0.111. The van der Waals surface area contributed by atoms with Crippen molar-refractivity contribution in [1.82, 2.24) is 10.2 Å². The summed E-state index contributed by atoms with van der Waals surface area (Å²) in [7, 11) is 0. The van der Waals surface area contributed by atoms with Crippen molar-refractivity contribution in [2.24, 2.45) is 0 Å². The topological polar surface area (TPSA) is 78.0 Å². The monoisotopic (exact) mass is 217 g/mol. The first-order chi connectivity index (χ1) is 7.68. The first-order valence-electron chi connectivity index (χ1n) is 4.77. The molecule has 1 aromatic heterocycles. The van der Waals surface area contributed by atoms with Crippen LogP contribution in [0.4, 0.5) is 5.69 Å². The zero-order valence-corrected chi connectivity index (χ0v) is 8.69. The summed E-state index contributed by atoms with van der Waals surface area (Å²) in [4.78, 5) is 11.8. The third-order valence-electron chi connectivity index (χ3n) is 2.31. The summed E-state index contributed by atoms with van der Waals surface area (Å²) < 4.78 is 0. The van der Waals surface area contributed by atoms with E-state index in [1.54, 1.807) is 31.3 Å². The van der Waals surface area contributed by atoms with E-state index in [0.717, 1.165) is 0 Å². The van der Waals surface area contributed by atoms with Crippen LogP contribution in [0.3, 0.4) is 0 Å². The Kier molecular flexibility index (Phi) is 2.59. The van der Waals surface area contributed by atoms with Gasteiger partial charge in [0.15, 0.2) is 0 Å². The van der Waals surface area contributed by atoms with Crippen molar-refractivity contribution >= 4 is 11.6 Å². The summed E-state index contributed by atoms with van der Waals surface area (Å²) in [5, 5.41) is 18.5. The van der Waals surface area contributed by atoms with Gasteiger partial charge in [0.2, 0.25) is 0 Å². The van der Waals surface area contributed by atoms with Gasteiger partial charge >= 0.3 is 0 Å². The molecule has 0 spiro atoms. The predicted octanol–water partition coefficient (Wildman–Crippen LogP) is 1.68. The molecule has 5 heteroatoms. The van der Waals surface area contributed by atoms with Gasteiger partial charge in [-0.25, -0.2) is 0 Å². The van der Waals surface area contributed by atoms with E-state index in [1.165, 1.54) is 6.20 Å². The Hall–Kier alpha value is -2.30. The maximum atomic E-state index is 11.8. The second-order valence-electron chi connectivity index (χ2n) is 3.39. The lowest BCUT2D eigenvalue weighted by Crippen LogP contribution is -2.12. The predicted molar refractivity (Wildman–Crippen MR) is 59.4 cm³/mol. The zero-order valence-electron chi connectivity index (χ0n) is 8.69. The average Bonchev–Trinajstić information content (AvgIpc) is 2.74. The Morgan fingerprint density at radius 3 is 3.00 bits per heavy atom. The highest BCUT2D eigenvalue weighted by Crippen LogP contribution is 2.20. The lowest BCUT2D eigenvalue weighted by molar-refractivity contribution is 0.102. The Morgan fingerprint density at radius 1 is 1.50 bits per heavy atom. The third kappa shape index (κ3) is 1.88. The van der Waals surface area contributed by atoms with Crippen molar-refractivity contribution in [3.05, 3.63) is 41.7 Å². The number of hydrogen-bond acceptors (Lipinski definition) is 3. The van der Waals surface area contributed by atoms with Gasteiger partial charge in [-0.2, -0.15) is 5.10 Å². The van der Waals surface area contributed by atoms with Gasteiger partial charge in [0, 0.05) is 17.3 Å². The molecule has 5 nitrogen and oxygen atoms in total. The summed E-state index contributed by atoms with van der Waals surface area (Å²) in [6.45, 7) is 1.69. The first-order valence-corrected chi connectivity index (χ1v) is 4.77. The SMILES string of the molecule is Cc1c(O)cccc1C(=O)Nc1cn[nH]c1. The molecule has 0 radical (unpaired) electrons. The molecule has 0 bridgehead atoms. The summed E-state index contributed by atoms with van der Waals surface area (Å²) in [5.74, 6) is -0.158. The van der Waals surface area contributed by atoms with Crippen molar-refractivity contribution < 1.29 is 9.90 Å². The van der Waals surface area contributed by atoms with E-state index in [9.17, 15) is 9.90 Å². The van der Waals surface area contributed by atoms with Gasteiger partial charge in [0.25, 0.3) is 5.91 Å². The number of anilines is 1. The number of carbonyl (C=O) groups is 1. The number of aromatic amines is 1. The van der Waals surface area contributed by atoms with Crippen molar-refractivity contribution in [2.75, 3.05) is 5.32 Å². The summed E-state index contributed by atoms with van der Waals surface area (Å²) in [6, 6.07) is 4.83. The van der Waals surface area contributed by atoms with Gasteiger partial charge in [0.05, 0.1) is 11.9 Å². The van der Waals surface area contributed by atoms with E-state index in [1.807, 2.05) is 0 Å². The maximum absolute atomic E-state index is 11.8. The van der Waals surface area contributed by atoms with Gasteiger partial charge in [-0.3, -0.25) is 9.89 Å². The smallest absolute Gasteiger partial charge is 0.256 e. The second-order valence-corrected chi connectivity index (χ2v) is 3.39. The Labute approximate surface area is 92.1 Å². The number of nitrogens with zero attached hydrogens (tertiary/aromatic N) is 1. The molecular weight excluding hydrogens is 206 g/mol. The fraction of sp³-hybridized carbons (Fsp3) is 0.0909. The van der Waals surface area contributed by atoms with E-state index in [4.69, 9.17) is 0 Å². The lowest BCUT2D eigenvalue weighted by Gasteiger charge is -2.06. The number of carbonyl (C=O) groups excluding carboxylic acids is 1. The quantitative estimate of drug-likeness (QED) is 0.716. The number of phenolic OH excluding ortho intramolecular Hbond substituents is 1. The molecule has 1 heterocycles. The number of amides is 1. The van der Waals surface area contributed by atoms with Crippen LogP contribution in [0.15, 0.2) is 30.6 Å². The molecule has 3 N–H and O–H groups in total. The number of aromatic nitrogens is 2. The minimum Gasteiger partial charge on any atom is -0.508 e. The van der Waals surface area contributed by atoms with Crippen LogP contribution >= 0.6 is 0 Å². The van der Waals surface area contributed by atoms with E-state index >= 15 is 0 Å². The molecule has 16 heavy (non-hydrogen) atoms. The van der Waals surface area contributed by atoms with Crippen LogP contribution in [0.5, 0.6) is 5.75 Å². The van der Waals surface area contributed by atoms with Crippen LogP contribution in [0.1, 0.15) is 15.9 Å². The molecule has 0 atom stereocenters. The third-order valence-corrected chi connectivity index (χ3v) is 2.31. The van der Waals surface area contributed by atoms with Crippen LogP contribution in [0, 0.1) is 6.92 Å². The molecule has 0 unspecified atom stereocenters. The van der Waals surface area contributed by atoms with Crippen molar-refractivity contribution in [3.63, 3.8) is 0 Å². The number of nitrogens with one attached hydrogen (secondary N) is 2. The fourth-order valence-electron chi connectivity index (χ4n) is 1.39. The molecule has 2 rings (SSSR count). The van der Waals surface area contributed by atoms with Gasteiger partial charge in [0.1, 0.15) is 5.75 Å². The molecule has 82 valence electrons. The number of hydrogen-bond donors (Lipinski definition) is 3. The van der Waals surface area contributed by atoms with E-state index in [0.29, 0.717) is 16.8 Å². The number of H-pyrrole nitrogens is 1. The van der Waals surface area contributed by atoms with Crippen LogP contribution < -0.4 is 5.32 Å². The number of phenols is 1. The molecule has 1 aromatic carbocycles. The average molecular weight is 217 g/mol. The zero-order chi connectivity index (χ0) is 11.5. The van der Waals surface area contributed by atoms with Gasteiger partial charge in [-0.05, 0) is 19.1 Å². The molecule has 0 saturated heterocycles. The minimum atomic E-state index is -0.269. The fourth-order valence-corrected chi connectivity index (χ4v) is 1.39. The molecule has 0 fully saturated rings. The Morgan fingerprint density at radius 2 is 2.31 bits per heavy atom. The van der Waals surface area contributed by atoms with Crippen LogP contribution in [0.2, 0.25) is 0 Å². The van der Waals surface area contributed by atoms with Crippen molar-refractivity contribution in [1.29, 1.82) is 0 Å². The molecule has 1 amide bonds. The molecule has 0 aliphatic carbocycles. The normalized spacial score (nSPS) is 10.1. The van der Waals surface area contributed by atoms with Crippen molar-refractivity contribution in [2.45, 2.75) is 6.92 Å². The molecule has 0 aliphatic rings. The van der Waals surface area contributed by atoms with Crippen LogP contribution in [0.25, 0.3) is 0 Å². The number of aromatic hydroxyl groups is 1. The summed E-state index contributed by atoms with van der Waals surface area (Å²) in [5.41, 5.74) is 1.59. The Balaban J connectivity index is 2.24. The lowest BCUT2D eigenvalue weighted by atomic mass is 10.1. The highest BCUT2D eigenvalue weighted by molar-refractivity contribution is 6.05. The number of benzene rings is 1. The summed E-state index contributed by atoms with van der Waals surface area (Å²) >= 11 is 0. The highest BCUT2D eigenvalue weighted by atomic mass is 16.3. The van der Waals surface area contributed by atoms with Crippen molar-refractivity contribution in [3.8, 4) is 5.75 Å². The largest absolute Gasteiger partial charge is 0.508 e. The Bertz CT molecular complexity index is 506. The molecule has 0 saturated carbocycles. The first kappa shape index (κ1) is 10.2. The van der Waals surface area contributed by atoms with E-state index in [-0.39, 0.29) is 11.7 Å². The maximum Gasteiger partial charge on any atom is 0.256 e. The second kappa shape index (κ2) is 4.06. The molecule has 0 aliphatic heterocycles. The molecular formula is C11H11N3O2. The summed E-state index contributed by atoms with van der Waals surface area (Å²) in [6.07, 6.45) is 3.09. The van der Waals surface area contributed by atoms with E-state index in [2.05, 4.69) is 15.5 Å². The highest BCUT2D eigenvalue weighted by Gasteiger charge is 2.11. The molecule has 2 aromatic rings. The van der Waals surface area contributed by atoms with Gasteiger partial charge in [-0.15, -0.1) is 0 Å². The van der Waals surface area contributed by atoms with Crippen LogP contribution in [-0.4, -0.2) is 21.2 Å². The van der Waals surface area contributed by atoms with Gasteiger partial charge < -0.3 is 10.4 Å². The standard InChI is InChI=1S/C11H11N3O2/c1-7-9(3-2-4-10(7)15)11(16)14-8-5-12-13-6-8/h2-6,15H,1H3,(H,12,13)(H,14,16). The van der Waals surface area contributed by atoms with Crippen LogP contribution in [-0.2, 0) is 0 Å².